The van der Waals surface area contributed by atoms with Gasteiger partial charge in [-0.15, -0.1) is 0 Å². The fourth-order valence-electron chi connectivity index (χ4n) is 4.29. The number of anilines is 1. The zero-order valence-corrected chi connectivity index (χ0v) is 26.8. The number of nitrogens with one attached hydrogen (secondary N) is 1. The summed E-state index contributed by atoms with van der Waals surface area (Å²) in [6.45, 7) is 7.57. The van der Waals surface area contributed by atoms with E-state index >= 15 is 0 Å². The number of sulfonamides is 1. The van der Waals surface area contributed by atoms with Gasteiger partial charge >= 0.3 is 0 Å². The zero-order valence-electron chi connectivity index (χ0n) is 24.4. The Kier molecular flexibility index (Phi) is 11.7. The van der Waals surface area contributed by atoms with Crippen LogP contribution in [-0.2, 0) is 26.2 Å². The minimum absolute atomic E-state index is 0.00516. The SMILES string of the molecule is CC[C@@H](C(=O)NCC(C)C)N(Cc1ccc(Cl)c(Cl)c1)C(=O)CN(c1ccc(C)cc1)S(=O)(=O)c1ccc(OC)cc1. The average Bonchev–Trinajstić information content (AvgIpc) is 2.96. The van der Waals surface area contributed by atoms with Gasteiger partial charge in [-0.1, -0.05) is 67.7 Å². The van der Waals surface area contributed by atoms with E-state index in [-0.39, 0.29) is 23.3 Å². The zero-order chi connectivity index (χ0) is 31.0. The number of carbonyl (C=O) groups excluding carboxylic acids is 2. The number of rotatable bonds is 13. The number of ether oxygens (including phenoxy) is 1. The second kappa shape index (κ2) is 14.8. The van der Waals surface area contributed by atoms with Gasteiger partial charge in [0.2, 0.25) is 11.8 Å². The first-order valence-corrected chi connectivity index (χ1v) is 15.8. The van der Waals surface area contributed by atoms with Crippen molar-refractivity contribution in [3.63, 3.8) is 0 Å². The van der Waals surface area contributed by atoms with E-state index in [0.29, 0.717) is 40.0 Å². The molecule has 0 heterocycles. The van der Waals surface area contributed by atoms with Gasteiger partial charge in [0.05, 0.1) is 27.7 Å². The number of benzene rings is 3. The molecule has 3 aromatic carbocycles. The van der Waals surface area contributed by atoms with Crippen LogP contribution in [0, 0.1) is 12.8 Å². The second-order valence-electron chi connectivity index (χ2n) is 10.4. The lowest BCUT2D eigenvalue weighted by molar-refractivity contribution is -0.140. The molecule has 0 aliphatic carbocycles. The van der Waals surface area contributed by atoms with Crippen molar-refractivity contribution < 1.29 is 22.7 Å². The van der Waals surface area contributed by atoms with E-state index in [4.69, 9.17) is 27.9 Å². The smallest absolute Gasteiger partial charge is 0.264 e. The maximum absolute atomic E-state index is 14.1. The van der Waals surface area contributed by atoms with Gasteiger partial charge in [0.15, 0.2) is 0 Å². The molecular formula is C31H37Cl2N3O5S. The fourth-order valence-corrected chi connectivity index (χ4v) is 6.03. The maximum atomic E-state index is 14.1. The molecule has 3 aromatic rings. The van der Waals surface area contributed by atoms with Gasteiger partial charge in [0.1, 0.15) is 18.3 Å². The molecule has 1 N–H and O–H groups in total. The summed E-state index contributed by atoms with van der Waals surface area (Å²) in [4.78, 5) is 28.8. The van der Waals surface area contributed by atoms with Gasteiger partial charge in [-0.05, 0) is 73.4 Å². The predicted molar refractivity (Wildman–Crippen MR) is 168 cm³/mol. The summed E-state index contributed by atoms with van der Waals surface area (Å²) in [5, 5.41) is 3.57. The summed E-state index contributed by atoms with van der Waals surface area (Å²) in [6.07, 6.45) is 0.312. The number of nitrogens with zero attached hydrogens (tertiary/aromatic N) is 2. The molecule has 0 fully saturated rings. The minimum atomic E-state index is -4.19. The molecule has 0 aromatic heterocycles. The highest BCUT2D eigenvalue weighted by Crippen LogP contribution is 2.27. The molecule has 42 heavy (non-hydrogen) atoms. The van der Waals surface area contributed by atoms with E-state index < -0.39 is 28.5 Å². The minimum Gasteiger partial charge on any atom is -0.497 e. The highest BCUT2D eigenvalue weighted by Gasteiger charge is 2.33. The number of hydrogen-bond donors (Lipinski definition) is 1. The largest absolute Gasteiger partial charge is 0.497 e. The Morgan fingerprint density at radius 3 is 2.14 bits per heavy atom. The van der Waals surface area contributed by atoms with Crippen LogP contribution in [0.3, 0.4) is 0 Å². The number of carbonyl (C=O) groups is 2. The summed E-state index contributed by atoms with van der Waals surface area (Å²) in [5.74, 6) is -0.167. The third-order valence-electron chi connectivity index (χ3n) is 6.66. The van der Waals surface area contributed by atoms with Crippen LogP contribution in [0.2, 0.25) is 10.0 Å². The second-order valence-corrected chi connectivity index (χ2v) is 13.0. The van der Waals surface area contributed by atoms with Gasteiger partial charge in [-0.2, -0.15) is 0 Å². The van der Waals surface area contributed by atoms with Crippen LogP contribution in [0.25, 0.3) is 0 Å². The number of aryl methyl sites for hydroxylation is 1. The maximum Gasteiger partial charge on any atom is 0.264 e. The van der Waals surface area contributed by atoms with E-state index in [2.05, 4.69) is 5.32 Å². The van der Waals surface area contributed by atoms with E-state index in [1.54, 1.807) is 61.5 Å². The predicted octanol–water partition coefficient (Wildman–Crippen LogP) is 6.09. The van der Waals surface area contributed by atoms with Crippen LogP contribution in [0.4, 0.5) is 5.69 Å². The highest BCUT2D eigenvalue weighted by atomic mass is 35.5. The van der Waals surface area contributed by atoms with Crippen molar-refractivity contribution in [2.75, 3.05) is 24.5 Å². The van der Waals surface area contributed by atoms with Gasteiger partial charge in [-0.3, -0.25) is 13.9 Å². The molecule has 0 saturated carbocycles. The monoisotopic (exact) mass is 633 g/mol. The molecule has 0 saturated heterocycles. The molecule has 0 unspecified atom stereocenters. The lowest BCUT2D eigenvalue weighted by atomic mass is 10.1. The van der Waals surface area contributed by atoms with Crippen LogP contribution >= 0.6 is 23.2 Å². The Morgan fingerprint density at radius 1 is 0.952 bits per heavy atom. The molecular weight excluding hydrogens is 597 g/mol. The van der Waals surface area contributed by atoms with Crippen molar-refractivity contribution in [2.24, 2.45) is 5.92 Å². The van der Waals surface area contributed by atoms with Crippen molar-refractivity contribution in [2.45, 2.75) is 51.6 Å². The van der Waals surface area contributed by atoms with Crippen LogP contribution in [0.5, 0.6) is 5.75 Å². The third-order valence-corrected chi connectivity index (χ3v) is 9.18. The molecule has 11 heteroatoms. The van der Waals surface area contributed by atoms with Gasteiger partial charge in [-0.25, -0.2) is 8.42 Å². The van der Waals surface area contributed by atoms with Crippen molar-refractivity contribution in [1.82, 2.24) is 10.2 Å². The number of halogens is 2. The first-order chi connectivity index (χ1) is 19.9. The summed E-state index contributed by atoms with van der Waals surface area (Å²) in [7, 11) is -2.70. The Labute approximate surface area is 258 Å². The van der Waals surface area contributed by atoms with E-state index in [1.165, 1.54) is 24.1 Å². The molecule has 0 radical (unpaired) electrons. The Bertz CT molecular complexity index is 1480. The topological polar surface area (TPSA) is 96.0 Å². The summed E-state index contributed by atoms with van der Waals surface area (Å²) in [6, 6.07) is 16.9. The lowest BCUT2D eigenvalue weighted by Crippen LogP contribution is -2.52. The molecule has 8 nitrogen and oxygen atoms in total. The molecule has 1 atom stereocenters. The fraction of sp³-hybridized carbons (Fsp3) is 0.355. The normalized spacial score (nSPS) is 12.1. The van der Waals surface area contributed by atoms with Crippen LogP contribution in [-0.4, -0.2) is 51.4 Å². The highest BCUT2D eigenvalue weighted by molar-refractivity contribution is 7.92. The Morgan fingerprint density at radius 2 is 1.60 bits per heavy atom. The quantitative estimate of drug-likeness (QED) is 0.246. The standard InChI is InChI=1S/C31H37Cl2N3O5S/c1-6-29(31(38)34-18-21(2)3)35(19-23-9-16-27(32)28(33)17-23)30(37)20-36(24-10-7-22(4)8-11-24)42(39,40)26-14-12-25(41-5)13-15-26/h7-17,21,29H,6,18-20H2,1-5H3,(H,34,38)/t29-/m0/s1. The van der Waals surface area contributed by atoms with Crippen molar-refractivity contribution in [1.29, 1.82) is 0 Å². The first kappa shape index (κ1) is 33.2. The number of hydrogen-bond acceptors (Lipinski definition) is 5. The van der Waals surface area contributed by atoms with E-state index in [1.807, 2.05) is 20.8 Å². The van der Waals surface area contributed by atoms with E-state index in [0.717, 1.165) is 9.87 Å². The van der Waals surface area contributed by atoms with Gasteiger partial charge in [0.25, 0.3) is 10.0 Å². The lowest BCUT2D eigenvalue weighted by Gasteiger charge is -2.33. The molecule has 2 amide bonds. The number of amides is 2. The van der Waals surface area contributed by atoms with Gasteiger partial charge in [0, 0.05) is 13.1 Å². The summed E-state index contributed by atoms with van der Waals surface area (Å²) >= 11 is 12.4. The molecule has 226 valence electrons. The first-order valence-electron chi connectivity index (χ1n) is 13.6. The van der Waals surface area contributed by atoms with Crippen molar-refractivity contribution >= 4 is 50.7 Å². The molecule has 0 aliphatic rings. The summed E-state index contributed by atoms with van der Waals surface area (Å²) in [5.41, 5.74) is 1.89. The Balaban J connectivity index is 2.06. The van der Waals surface area contributed by atoms with Crippen molar-refractivity contribution in [3.05, 3.63) is 87.9 Å². The molecule has 3 rings (SSSR count). The van der Waals surface area contributed by atoms with Crippen molar-refractivity contribution in [3.8, 4) is 5.75 Å². The average molecular weight is 635 g/mol. The van der Waals surface area contributed by atoms with Gasteiger partial charge < -0.3 is 15.0 Å². The van der Waals surface area contributed by atoms with E-state index in [9.17, 15) is 18.0 Å². The van der Waals surface area contributed by atoms with Crippen LogP contribution in [0.15, 0.2) is 71.6 Å². The molecule has 0 bridgehead atoms. The number of methoxy groups -OCH3 is 1. The third kappa shape index (κ3) is 8.40. The molecule has 0 aliphatic heterocycles. The molecule has 0 spiro atoms. The van der Waals surface area contributed by atoms with Crippen LogP contribution < -0.4 is 14.4 Å². The van der Waals surface area contributed by atoms with Crippen LogP contribution in [0.1, 0.15) is 38.3 Å². The Hall–Kier alpha value is -3.27. The summed E-state index contributed by atoms with van der Waals surface area (Å²) < 4.78 is 34.2.